The van der Waals surface area contributed by atoms with Crippen LogP contribution in [0.3, 0.4) is 0 Å². The van der Waals surface area contributed by atoms with Crippen molar-refractivity contribution in [1.29, 1.82) is 5.26 Å². The van der Waals surface area contributed by atoms with E-state index in [-0.39, 0.29) is 18.8 Å². The predicted molar refractivity (Wildman–Crippen MR) is 90.1 cm³/mol. The van der Waals surface area contributed by atoms with Crippen LogP contribution >= 0.6 is 0 Å². The van der Waals surface area contributed by atoms with Crippen LogP contribution in [0.15, 0.2) is 30.5 Å². The number of nitrogens with zero attached hydrogens (tertiary/aromatic N) is 2. The van der Waals surface area contributed by atoms with Crippen molar-refractivity contribution in [1.82, 2.24) is 4.98 Å². The number of ether oxygens (including phenoxy) is 1. The summed E-state index contributed by atoms with van der Waals surface area (Å²) in [6.07, 6.45) is 7.97. The second-order valence-corrected chi connectivity index (χ2v) is 5.83. The van der Waals surface area contributed by atoms with Crippen LogP contribution in [0.5, 0.6) is 5.88 Å². The molecule has 2 rings (SSSR count). The van der Waals surface area contributed by atoms with E-state index in [1.165, 1.54) is 13.3 Å². The number of anilines is 1. The van der Waals surface area contributed by atoms with Gasteiger partial charge in [0.15, 0.2) is 0 Å². The number of nitriles is 1. The summed E-state index contributed by atoms with van der Waals surface area (Å²) in [6, 6.07) is 3.41. The molecule has 0 atom stereocenters. The van der Waals surface area contributed by atoms with Crippen LogP contribution in [0.25, 0.3) is 6.08 Å². The molecule has 0 aliphatic heterocycles. The van der Waals surface area contributed by atoms with Crippen molar-refractivity contribution in [3.8, 4) is 11.9 Å². The number of pyridine rings is 1. The van der Waals surface area contributed by atoms with Gasteiger partial charge in [0.1, 0.15) is 0 Å². The van der Waals surface area contributed by atoms with Crippen molar-refractivity contribution in [3.05, 3.63) is 36.1 Å². The number of allylic oxidation sites excluding steroid dienone is 2. The highest BCUT2D eigenvalue weighted by molar-refractivity contribution is 5.99. The zero-order chi connectivity index (χ0) is 18.3. The number of halogens is 2. The molecule has 7 heteroatoms. The van der Waals surface area contributed by atoms with Gasteiger partial charge in [-0.2, -0.15) is 5.26 Å². The summed E-state index contributed by atoms with van der Waals surface area (Å²) in [4.78, 5) is 15.7. The van der Waals surface area contributed by atoms with Crippen molar-refractivity contribution in [2.45, 2.75) is 31.6 Å². The highest BCUT2D eigenvalue weighted by Crippen LogP contribution is 2.37. The predicted octanol–water partition coefficient (Wildman–Crippen LogP) is 3.95. The zero-order valence-electron chi connectivity index (χ0n) is 13.8. The molecule has 1 aliphatic carbocycles. The Labute approximate surface area is 145 Å². The molecule has 0 aromatic carbocycles. The van der Waals surface area contributed by atoms with Gasteiger partial charge in [0, 0.05) is 30.6 Å². The molecular formula is C18H19F2N3O2. The fourth-order valence-corrected chi connectivity index (χ4v) is 2.62. The Morgan fingerprint density at radius 2 is 2.20 bits per heavy atom. The number of methoxy groups -OCH3 is 1. The highest BCUT2D eigenvalue weighted by Gasteiger charge is 2.33. The summed E-state index contributed by atoms with van der Waals surface area (Å²) in [5.41, 5.74) is 1.09. The molecule has 1 amide bonds. The SMILES string of the molecule is COc1ncc(NC(=O)C=CC#N)cc1C=CC1CCC(F)(F)CC1. The molecule has 0 unspecified atom stereocenters. The monoisotopic (exact) mass is 347 g/mol. The van der Waals surface area contributed by atoms with Gasteiger partial charge in [-0.3, -0.25) is 4.79 Å². The second kappa shape index (κ2) is 8.38. The van der Waals surface area contributed by atoms with Gasteiger partial charge in [-0.25, -0.2) is 13.8 Å². The van der Waals surface area contributed by atoms with Gasteiger partial charge < -0.3 is 10.1 Å². The zero-order valence-corrected chi connectivity index (χ0v) is 13.8. The first-order valence-corrected chi connectivity index (χ1v) is 7.91. The van der Waals surface area contributed by atoms with E-state index >= 15 is 0 Å². The molecule has 1 aromatic heterocycles. The average molecular weight is 347 g/mol. The first-order chi connectivity index (χ1) is 11.9. The van der Waals surface area contributed by atoms with E-state index in [1.54, 1.807) is 18.2 Å². The lowest BCUT2D eigenvalue weighted by molar-refractivity contribution is -0.111. The number of hydrogen-bond acceptors (Lipinski definition) is 4. The van der Waals surface area contributed by atoms with E-state index in [4.69, 9.17) is 10.00 Å². The Bertz CT molecular complexity index is 714. The fraction of sp³-hybridized carbons (Fsp3) is 0.389. The largest absolute Gasteiger partial charge is 0.481 e. The topological polar surface area (TPSA) is 75.0 Å². The van der Waals surface area contributed by atoms with Crippen LogP contribution in [0.4, 0.5) is 14.5 Å². The van der Waals surface area contributed by atoms with Gasteiger partial charge in [0.05, 0.1) is 25.1 Å². The van der Waals surface area contributed by atoms with Gasteiger partial charge in [-0.15, -0.1) is 0 Å². The van der Waals surface area contributed by atoms with Gasteiger partial charge in [0.2, 0.25) is 17.7 Å². The van der Waals surface area contributed by atoms with Crippen LogP contribution in [-0.2, 0) is 4.79 Å². The number of aromatic nitrogens is 1. The molecule has 1 fully saturated rings. The Kier molecular flexibility index (Phi) is 6.23. The number of carbonyl (C=O) groups excluding carboxylic acids is 1. The van der Waals surface area contributed by atoms with E-state index in [9.17, 15) is 13.6 Å². The maximum Gasteiger partial charge on any atom is 0.249 e. The molecule has 1 saturated carbocycles. The first kappa shape index (κ1) is 18.6. The van der Waals surface area contributed by atoms with Crippen molar-refractivity contribution in [3.63, 3.8) is 0 Å². The standard InChI is InChI=1S/C18H19F2N3O2/c1-25-17-14(5-4-13-6-8-18(19,20)9-7-13)11-15(12-22-17)23-16(24)3-2-10-21/h2-5,11-13H,6-9H2,1H3,(H,23,24). The third kappa shape index (κ3) is 5.68. The third-order valence-electron chi connectivity index (χ3n) is 3.96. The number of carbonyl (C=O) groups is 1. The quantitative estimate of drug-likeness (QED) is 0.646. The lowest BCUT2D eigenvalue weighted by atomic mass is 9.86. The number of nitrogens with one attached hydrogen (secondary N) is 1. The molecule has 132 valence electrons. The van der Waals surface area contributed by atoms with Crippen molar-refractivity contribution < 1.29 is 18.3 Å². The molecule has 5 nitrogen and oxygen atoms in total. The maximum atomic E-state index is 13.2. The molecule has 0 spiro atoms. The average Bonchev–Trinajstić information content (AvgIpc) is 2.59. The summed E-state index contributed by atoms with van der Waals surface area (Å²) in [6.45, 7) is 0. The van der Waals surface area contributed by atoms with Crippen molar-refractivity contribution in [2.24, 2.45) is 5.92 Å². The number of alkyl halides is 2. The van der Waals surface area contributed by atoms with Crippen LogP contribution in [0.1, 0.15) is 31.2 Å². The van der Waals surface area contributed by atoms with Gasteiger partial charge in [0.25, 0.3) is 0 Å². The van der Waals surface area contributed by atoms with E-state index in [2.05, 4.69) is 10.3 Å². The molecule has 1 aliphatic rings. The first-order valence-electron chi connectivity index (χ1n) is 7.91. The van der Waals surface area contributed by atoms with Gasteiger partial charge >= 0.3 is 0 Å². The molecule has 1 N–H and O–H groups in total. The molecule has 0 bridgehead atoms. The molecule has 0 radical (unpaired) electrons. The number of hydrogen-bond donors (Lipinski definition) is 1. The summed E-state index contributed by atoms with van der Waals surface area (Å²) in [5, 5.41) is 11.0. The van der Waals surface area contributed by atoms with Crippen molar-refractivity contribution in [2.75, 3.05) is 12.4 Å². The lowest BCUT2D eigenvalue weighted by Gasteiger charge is -2.26. The van der Waals surface area contributed by atoms with Gasteiger partial charge in [-0.1, -0.05) is 12.2 Å². The summed E-state index contributed by atoms with van der Waals surface area (Å²) < 4.78 is 31.6. The minimum atomic E-state index is -2.55. The third-order valence-corrected chi connectivity index (χ3v) is 3.96. The van der Waals surface area contributed by atoms with E-state index in [1.807, 2.05) is 6.08 Å². The molecule has 0 saturated heterocycles. The van der Waals surface area contributed by atoms with Crippen LogP contribution < -0.4 is 10.1 Å². The molecule has 1 aromatic rings. The number of rotatable bonds is 5. The van der Waals surface area contributed by atoms with Crippen LogP contribution in [-0.4, -0.2) is 23.9 Å². The van der Waals surface area contributed by atoms with E-state index in [0.29, 0.717) is 30.0 Å². The Morgan fingerprint density at radius 1 is 1.48 bits per heavy atom. The summed E-state index contributed by atoms with van der Waals surface area (Å²) in [5.74, 6) is -2.54. The lowest BCUT2D eigenvalue weighted by Crippen LogP contribution is -2.23. The smallest absolute Gasteiger partial charge is 0.249 e. The Balaban J connectivity index is 2.09. The van der Waals surface area contributed by atoms with E-state index < -0.39 is 11.8 Å². The number of amides is 1. The molecule has 25 heavy (non-hydrogen) atoms. The maximum absolute atomic E-state index is 13.2. The fourth-order valence-electron chi connectivity index (χ4n) is 2.62. The van der Waals surface area contributed by atoms with Gasteiger partial charge in [-0.05, 0) is 24.8 Å². The molecular weight excluding hydrogens is 328 g/mol. The summed E-state index contributed by atoms with van der Waals surface area (Å²) >= 11 is 0. The second-order valence-electron chi connectivity index (χ2n) is 5.83. The normalized spacial score (nSPS) is 17.5. The minimum absolute atomic E-state index is 0.0844. The molecule has 1 heterocycles. The van der Waals surface area contributed by atoms with Crippen molar-refractivity contribution >= 4 is 17.7 Å². The Hall–Kier alpha value is -2.75. The Morgan fingerprint density at radius 3 is 2.84 bits per heavy atom. The summed E-state index contributed by atoms with van der Waals surface area (Å²) in [7, 11) is 1.48. The minimum Gasteiger partial charge on any atom is -0.481 e. The van der Waals surface area contributed by atoms with E-state index in [0.717, 1.165) is 12.2 Å². The van der Waals surface area contributed by atoms with Crippen LogP contribution in [0, 0.1) is 17.2 Å². The van der Waals surface area contributed by atoms with Crippen LogP contribution in [0.2, 0.25) is 0 Å². The highest BCUT2D eigenvalue weighted by atomic mass is 19.3.